The van der Waals surface area contributed by atoms with E-state index in [2.05, 4.69) is 15.5 Å². The van der Waals surface area contributed by atoms with Gasteiger partial charge in [-0.3, -0.25) is 4.79 Å². The number of tetrazole rings is 1. The van der Waals surface area contributed by atoms with Gasteiger partial charge in [0.15, 0.2) is 5.65 Å². The number of fused-ring (bicyclic) bond motifs is 2. The van der Waals surface area contributed by atoms with Crippen LogP contribution in [0.5, 0.6) is 0 Å². The molecular weight excluding hydrogens is 354 g/mol. The molecule has 2 aromatic heterocycles. The van der Waals surface area contributed by atoms with Gasteiger partial charge in [0.1, 0.15) is 0 Å². The molecule has 1 amide bonds. The number of nitrogens with zero attached hydrogens (tertiary/aromatic N) is 5. The fourth-order valence-corrected chi connectivity index (χ4v) is 5.06. The van der Waals surface area contributed by atoms with Crippen LogP contribution in [0.15, 0.2) is 48.7 Å². The van der Waals surface area contributed by atoms with Crippen LogP contribution in [-0.2, 0) is 5.60 Å². The van der Waals surface area contributed by atoms with E-state index in [0.717, 1.165) is 31.2 Å². The van der Waals surface area contributed by atoms with E-state index in [9.17, 15) is 9.90 Å². The monoisotopic (exact) mass is 377 g/mol. The average molecular weight is 377 g/mol. The van der Waals surface area contributed by atoms with E-state index in [1.54, 1.807) is 22.8 Å². The fraction of sp³-hybridized carbons (Fsp3) is 0.429. The number of aliphatic hydroxyl groups is 1. The standard InChI is InChI=1S/C21H23N5O2/c27-20(15-10-12-26-19(14-15)22-23-24-26)25-13-11-21(28,16-6-2-1-3-7-16)17-8-4-5-9-18(17)25/h1-3,6-7,10,12,14,17-18,28H,4-5,8-9,11,13H2/t17-,18-,21+/m1/s1. The number of benzene rings is 1. The molecule has 0 radical (unpaired) electrons. The highest BCUT2D eigenvalue weighted by Gasteiger charge is 2.50. The zero-order chi connectivity index (χ0) is 19.1. The Balaban J connectivity index is 1.47. The highest BCUT2D eigenvalue weighted by Crippen LogP contribution is 2.47. The van der Waals surface area contributed by atoms with Crippen molar-refractivity contribution < 1.29 is 9.90 Å². The maximum Gasteiger partial charge on any atom is 0.254 e. The van der Waals surface area contributed by atoms with E-state index < -0.39 is 5.60 Å². The molecule has 2 fully saturated rings. The molecule has 28 heavy (non-hydrogen) atoms. The summed E-state index contributed by atoms with van der Waals surface area (Å²) in [6.45, 7) is 0.543. The topological polar surface area (TPSA) is 83.6 Å². The molecule has 7 nitrogen and oxygen atoms in total. The Bertz CT molecular complexity index is 1000. The molecule has 1 saturated carbocycles. The van der Waals surface area contributed by atoms with Crippen LogP contribution in [0, 0.1) is 5.92 Å². The van der Waals surface area contributed by atoms with Crippen LogP contribution in [0.1, 0.15) is 48.0 Å². The second-order valence-corrected chi connectivity index (χ2v) is 7.89. The largest absolute Gasteiger partial charge is 0.385 e. The summed E-state index contributed by atoms with van der Waals surface area (Å²) in [7, 11) is 0. The molecule has 3 atom stereocenters. The third-order valence-corrected chi connectivity index (χ3v) is 6.46. The number of likely N-dealkylation sites (tertiary alicyclic amines) is 1. The zero-order valence-electron chi connectivity index (χ0n) is 15.6. The predicted octanol–water partition coefficient (Wildman–Crippen LogP) is 2.42. The Labute approximate surface area is 163 Å². The molecule has 1 saturated heterocycles. The summed E-state index contributed by atoms with van der Waals surface area (Å²) >= 11 is 0. The number of amides is 1. The summed E-state index contributed by atoms with van der Waals surface area (Å²) in [5.74, 6) is 0.0531. The molecule has 0 spiro atoms. The Morgan fingerprint density at radius 2 is 1.96 bits per heavy atom. The van der Waals surface area contributed by atoms with Crippen LogP contribution in [-0.4, -0.2) is 48.5 Å². The van der Waals surface area contributed by atoms with E-state index in [-0.39, 0.29) is 17.9 Å². The number of rotatable bonds is 2. The van der Waals surface area contributed by atoms with Crippen molar-refractivity contribution in [3.8, 4) is 0 Å². The summed E-state index contributed by atoms with van der Waals surface area (Å²) in [6, 6.07) is 13.5. The second kappa shape index (κ2) is 6.67. The Morgan fingerprint density at radius 3 is 2.82 bits per heavy atom. The molecule has 1 aromatic carbocycles. The first-order valence-corrected chi connectivity index (χ1v) is 9.93. The Kier molecular flexibility index (Phi) is 4.12. The van der Waals surface area contributed by atoms with Crippen molar-refractivity contribution >= 4 is 11.6 Å². The molecule has 0 unspecified atom stereocenters. The summed E-state index contributed by atoms with van der Waals surface area (Å²) < 4.78 is 1.55. The number of carbonyl (C=O) groups excluding carboxylic acids is 1. The lowest BCUT2D eigenvalue weighted by atomic mass is 9.66. The van der Waals surface area contributed by atoms with Gasteiger partial charge in [-0.1, -0.05) is 43.2 Å². The van der Waals surface area contributed by atoms with Crippen molar-refractivity contribution in [2.24, 2.45) is 5.92 Å². The maximum absolute atomic E-state index is 13.3. The summed E-state index contributed by atoms with van der Waals surface area (Å²) in [4.78, 5) is 15.3. The number of pyridine rings is 1. The normalized spacial score (nSPS) is 27.5. The van der Waals surface area contributed by atoms with Crippen LogP contribution < -0.4 is 0 Å². The molecule has 144 valence electrons. The summed E-state index contributed by atoms with van der Waals surface area (Å²) in [5, 5.41) is 23.1. The molecule has 3 aromatic rings. The van der Waals surface area contributed by atoms with Gasteiger partial charge in [-0.2, -0.15) is 0 Å². The lowest BCUT2D eigenvalue weighted by Gasteiger charge is -2.52. The van der Waals surface area contributed by atoms with Crippen LogP contribution >= 0.6 is 0 Å². The van der Waals surface area contributed by atoms with Crippen molar-refractivity contribution in [2.45, 2.75) is 43.7 Å². The first kappa shape index (κ1) is 17.3. The Morgan fingerprint density at radius 1 is 1.14 bits per heavy atom. The van der Waals surface area contributed by atoms with Crippen molar-refractivity contribution in [3.05, 3.63) is 59.8 Å². The molecule has 1 aliphatic carbocycles. The zero-order valence-corrected chi connectivity index (χ0v) is 15.6. The highest BCUT2D eigenvalue weighted by molar-refractivity contribution is 5.95. The molecule has 0 bridgehead atoms. The quantitative estimate of drug-likeness (QED) is 0.741. The van der Waals surface area contributed by atoms with Gasteiger partial charge in [-0.15, -0.1) is 5.10 Å². The van der Waals surface area contributed by atoms with Crippen molar-refractivity contribution in [2.75, 3.05) is 6.54 Å². The van der Waals surface area contributed by atoms with Gasteiger partial charge in [0.25, 0.3) is 5.91 Å². The first-order valence-electron chi connectivity index (χ1n) is 9.93. The number of carbonyl (C=O) groups is 1. The molecular formula is C21H23N5O2. The van der Waals surface area contributed by atoms with Crippen LogP contribution in [0.25, 0.3) is 5.65 Å². The van der Waals surface area contributed by atoms with Gasteiger partial charge >= 0.3 is 0 Å². The van der Waals surface area contributed by atoms with Crippen LogP contribution in [0.3, 0.4) is 0 Å². The third-order valence-electron chi connectivity index (χ3n) is 6.46. The van der Waals surface area contributed by atoms with Crippen molar-refractivity contribution in [3.63, 3.8) is 0 Å². The van der Waals surface area contributed by atoms with Crippen molar-refractivity contribution in [1.29, 1.82) is 0 Å². The minimum atomic E-state index is -0.871. The van der Waals surface area contributed by atoms with Gasteiger partial charge < -0.3 is 10.0 Å². The number of aromatic nitrogens is 4. The highest BCUT2D eigenvalue weighted by atomic mass is 16.3. The number of piperidine rings is 1. The molecule has 2 aliphatic rings. The van der Waals surface area contributed by atoms with E-state index in [1.807, 2.05) is 35.2 Å². The molecule has 3 heterocycles. The SMILES string of the molecule is O=C(c1ccn2nnnc2c1)N1CC[C@](O)(c2ccccc2)[C@@H]2CCCC[C@H]21. The van der Waals surface area contributed by atoms with Crippen LogP contribution in [0.2, 0.25) is 0 Å². The number of hydrogen-bond donors (Lipinski definition) is 1. The van der Waals surface area contributed by atoms with E-state index in [4.69, 9.17) is 0 Å². The van der Waals surface area contributed by atoms with E-state index in [1.165, 1.54) is 0 Å². The molecule has 7 heteroatoms. The maximum atomic E-state index is 13.3. The first-order chi connectivity index (χ1) is 13.7. The lowest BCUT2D eigenvalue weighted by molar-refractivity contribution is -0.110. The average Bonchev–Trinajstić information content (AvgIpc) is 3.22. The summed E-state index contributed by atoms with van der Waals surface area (Å²) in [6.07, 6.45) is 6.32. The van der Waals surface area contributed by atoms with Gasteiger partial charge in [-0.25, -0.2) is 4.52 Å². The van der Waals surface area contributed by atoms with Gasteiger partial charge in [0.2, 0.25) is 0 Å². The van der Waals surface area contributed by atoms with Crippen molar-refractivity contribution in [1.82, 2.24) is 24.9 Å². The minimum absolute atomic E-state index is 0.00230. The molecule has 5 rings (SSSR count). The molecule has 1 aliphatic heterocycles. The third kappa shape index (κ3) is 2.69. The minimum Gasteiger partial charge on any atom is -0.385 e. The Hall–Kier alpha value is -2.80. The predicted molar refractivity (Wildman–Crippen MR) is 103 cm³/mol. The summed E-state index contributed by atoms with van der Waals surface area (Å²) in [5.41, 5.74) is 1.25. The van der Waals surface area contributed by atoms with E-state index >= 15 is 0 Å². The lowest BCUT2D eigenvalue weighted by Crippen LogP contribution is -2.59. The van der Waals surface area contributed by atoms with Crippen LogP contribution in [0.4, 0.5) is 0 Å². The molecule has 1 N–H and O–H groups in total. The van der Waals surface area contributed by atoms with Gasteiger partial charge in [-0.05, 0) is 47.4 Å². The fourth-order valence-electron chi connectivity index (χ4n) is 5.06. The van der Waals surface area contributed by atoms with E-state index in [0.29, 0.717) is 24.2 Å². The second-order valence-electron chi connectivity index (χ2n) is 7.89. The number of hydrogen-bond acceptors (Lipinski definition) is 5. The van der Waals surface area contributed by atoms with Gasteiger partial charge in [0, 0.05) is 30.3 Å². The van der Waals surface area contributed by atoms with Gasteiger partial charge in [0.05, 0.1) is 5.60 Å². The smallest absolute Gasteiger partial charge is 0.254 e.